The first-order chi connectivity index (χ1) is 22.2. The van der Waals surface area contributed by atoms with Crippen LogP contribution in [0.25, 0.3) is 72.3 Å². The number of allylic oxidation sites excluding steroid dienone is 5. The first kappa shape index (κ1) is 27.0. The van der Waals surface area contributed by atoms with Crippen LogP contribution < -0.4 is 19.9 Å². The van der Waals surface area contributed by atoms with Gasteiger partial charge >= 0.3 is 0 Å². The molecule has 0 saturated heterocycles. The molecule has 0 spiro atoms. The normalized spacial score (nSPS) is 15.6. The molecule has 1 atom stereocenters. The highest BCUT2D eigenvalue weighted by Gasteiger charge is 2.30. The summed E-state index contributed by atoms with van der Waals surface area (Å²) in [7, 11) is 0. The highest BCUT2D eigenvalue weighted by atomic mass is 16.5. The molecule has 2 heteroatoms. The number of rotatable bonds is 4. The van der Waals surface area contributed by atoms with Crippen LogP contribution in [0.15, 0.2) is 128 Å². The monoisotopic (exact) mass is 580 g/mol. The van der Waals surface area contributed by atoms with Crippen molar-refractivity contribution in [3.8, 4) is 39.5 Å². The highest BCUT2D eigenvalue weighted by molar-refractivity contribution is 6.16. The quantitative estimate of drug-likeness (QED) is 0.152. The van der Waals surface area contributed by atoms with Gasteiger partial charge < -0.3 is 9.47 Å². The Bertz CT molecular complexity index is 2440. The highest BCUT2D eigenvalue weighted by Crippen LogP contribution is 2.52. The Hall–Kier alpha value is -5.60. The van der Waals surface area contributed by atoms with Crippen LogP contribution in [-0.2, 0) is 0 Å². The van der Waals surface area contributed by atoms with Crippen molar-refractivity contribution in [3.05, 3.63) is 144 Å². The topological polar surface area (TPSA) is 18.5 Å². The molecular weight excluding hydrogens is 548 g/mol. The van der Waals surface area contributed by atoms with Gasteiger partial charge in [0.1, 0.15) is 23.4 Å². The minimum absolute atomic E-state index is 0.301. The molecule has 0 saturated carbocycles. The van der Waals surface area contributed by atoms with Crippen LogP contribution in [0.4, 0.5) is 0 Å². The zero-order valence-corrected chi connectivity index (χ0v) is 25.4. The summed E-state index contributed by atoms with van der Waals surface area (Å²) in [6.45, 7) is 12.5. The first-order valence-corrected chi connectivity index (χ1v) is 15.4. The van der Waals surface area contributed by atoms with Gasteiger partial charge in [-0.15, -0.1) is 0 Å². The van der Waals surface area contributed by atoms with Crippen molar-refractivity contribution in [2.75, 3.05) is 0 Å². The van der Waals surface area contributed by atoms with E-state index in [-0.39, 0.29) is 6.10 Å². The zero-order chi connectivity index (χ0) is 30.7. The van der Waals surface area contributed by atoms with Crippen molar-refractivity contribution < 1.29 is 9.47 Å². The summed E-state index contributed by atoms with van der Waals surface area (Å²) in [5, 5.41) is 8.99. The third-order valence-corrected chi connectivity index (χ3v) is 9.11. The van der Waals surface area contributed by atoms with Crippen molar-refractivity contribution in [2.45, 2.75) is 20.0 Å². The van der Waals surface area contributed by atoms with Gasteiger partial charge in [0, 0.05) is 44.0 Å². The summed E-state index contributed by atoms with van der Waals surface area (Å²) < 4.78 is 13.9. The van der Waals surface area contributed by atoms with Crippen LogP contribution in [0.5, 0.6) is 17.2 Å². The van der Waals surface area contributed by atoms with Crippen molar-refractivity contribution in [1.29, 1.82) is 0 Å². The lowest BCUT2D eigenvalue weighted by Crippen LogP contribution is -2.31. The van der Waals surface area contributed by atoms with Crippen LogP contribution >= 0.6 is 0 Å². The maximum absolute atomic E-state index is 7.09. The summed E-state index contributed by atoms with van der Waals surface area (Å²) in [6, 6.07) is 30.1. The number of benzene rings is 6. The maximum atomic E-state index is 7.09. The second-order valence-corrected chi connectivity index (χ2v) is 11.5. The molecule has 2 heterocycles. The number of ether oxygens (including phenoxy) is 2. The Labute approximate surface area is 262 Å². The van der Waals surface area contributed by atoms with Crippen molar-refractivity contribution >= 4 is 50.0 Å². The average Bonchev–Trinajstić information content (AvgIpc) is 3.26. The Morgan fingerprint density at radius 1 is 0.711 bits per heavy atom. The van der Waals surface area contributed by atoms with Gasteiger partial charge in [-0.2, -0.15) is 0 Å². The van der Waals surface area contributed by atoms with Gasteiger partial charge in [-0.05, 0) is 76.4 Å². The van der Waals surface area contributed by atoms with E-state index in [4.69, 9.17) is 9.47 Å². The molecule has 6 aromatic rings. The molecule has 0 N–H and O–H groups in total. The number of hydrogen-bond donors (Lipinski definition) is 0. The van der Waals surface area contributed by atoms with E-state index >= 15 is 0 Å². The van der Waals surface area contributed by atoms with Gasteiger partial charge in [-0.3, -0.25) is 0 Å². The van der Waals surface area contributed by atoms with E-state index in [1.54, 1.807) is 0 Å². The largest absolute Gasteiger partial charge is 0.481 e. The predicted molar refractivity (Wildman–Crippen MR) is 191 cm³/mol. The second-order valence-electron chi connectivity index (χ2n) is 11.5. The van der Waals surface area contributed by atoms with E-state index in [2.05, 4.69) is 123 Å². The molecule has 0 radical (unpaired) electrons. The van der Waals surface area contributed by atoms with Gasteiger partial charge in [-0.1, -0.05) is 110 Å². The molecule has 0 bridgehead atoms. The first-order valence-electron chi connectivity index (χ1n) is 15.4. The van der Waals surface area contributed by atoms with Crippen LogP contribution in [0.3, 0.4) is 0 Å². The minimum Gasteiger partial charge on any atom is -0.481 e. The predicted octanol–water partition coefficient (Wildman–Crippen LogP) is 10.3. The zero-order valence-electron chi connectivity index (χ0n) is 25.4. The Morgan fingerprint density at radius 2 is 1.40 bits per heavy atom. The molecule has 6 aromatic carbocycles. The molecule has 8 rings (SSSR count). The minimum atomic E-state index is -0.301. The molecule has 1 unspecified atom stereocenters. The van der Waals surface area contributed by atoms with Crippen LogP contribution in [0.1, 0.15) is 19.4 Å². The molecule has 2 nitrogen and oxygen atoms in total. The smallest absolute Gasteiger partial charge is 0.143 e. The molecule has 0 fully saturated rings. The summed E-state index contributed by atoms with van der Waals surface area (Å²) in [4.78, 5) is 0. The van der Waals surface area contributed by atoms with E-state index in [9.17, 15) is 0 Å². The third-order valence-electron chi connectivity index (χ3n) is 9.11. The second kappa shape index (κ2) is 10.5. The summed E-state index contributed by atoms with van der Waals surface area (Å²) in [6.07, 6.45) is 14.1. The lowest BCUT2D eigenvalue weighted by Gasteiger charge is -2.27. The lowest BCUT2D eigenvalue weighted by atomic mass is 9.83. The van der Waals surface area contributed by atoms with Crippen molar-refractivity contribution in [3.63, 3.8) is 0 Å². The third kappa shape index (κ3) is 3.96. The van der Waals surface area contributed by atoms with Gasteiger partial charge in [0.2, 0.25) is 0 Å². The standard InChI is InChI=1S/C43H32O2/c1-5-9-14-26(6-2)33-23-24-34-38-35-21-19-27-15-10-12-17-31(27)41(35)44-29(7-3)25-37(38)30(8-4)39-36-22-20-28-16-11-13-18-32(28)42(36)45-43(33)40(34)39/h5-25,29H,2-3H2,1,4H3/b9-5-,26-14+,30-8+. The molecule has 0 aromatic heterocycles. The number of hydrogen-bond acceptors (Lipinski definition) is 2. The Morgan fingerprint density at radius 3 is 2.07 bits per heavy atom. The van der Waals surface area contributed by atoms with E-state index in [1.807, 2.05) is 31.2 Å². The van der Waals surface area contributed by atoms with E-state index in [0.717, 1.165) is 87.8 Å². The van der Waals surface area contributed by atoms with Crippen LogP contribution in [-0.4, -0.2) is 6.10 Å². The molecule has 216 valence electrons. The summed E-state index contributed by atoms with van der Waals surface area (Å²) >= 11 is 0. The van der Waals surface area contributed by atoms with E-state index in [1.165, 1.54) is 5.56 Å². The summed E-state index contributed by atoms with van der Waals surface area (Å²) in [5.74, 6) is 2.60. The fraction of sp³-hybridized carbons (Fsp3) is 0.0698. The molecule has 0 aliphatic carbocycles. The van der Waals surface area contributed by atoms with Crippen molar-refractivity contribution in [2.24, 2.45) is 0 Å². The van der Waals surface area contributed by atoms with E-state index in [0.29, 0.717) is 0 Å². The SMILES string of the molecule is C=C/C(=C\C=C/C)c1ccc2c3c(/c(=C\C)c4c2c1Oc1c-4ccc2ccccc12)=CC(C=C)Oc1c-3ccc2ccccc12. The molecular formula is C43H32O2. The average molecular weight is 581 g/mol. The van der Waals surface area contributed by atoms with Gasteiger partial charge in [0.15, 0.2) is 0 Å². The lowest BCUT2D eigenvalue weighted by molar-refractivity contribution is 0.316. The molecule has 2 aliphatic heterocycles. The van der Waals surface area contributed by atoms with E-state index < -0.39 is 0 Å². The Kier molecular flexibility index (Phi) is 6.32. The van der Waals surface area contributed by atoms with Crippen LogP contribution in [0, 0.1) is 0 Å². The van der Waals surface area contributed by atoms with Gasteiger partial charge in [0.05, 0.1) is 0 Å². The van der Waals surface area contributed by atoms with Crippen molar-refractivity contribution in [1.82, 2.24) is 0 Å². The van der Waals surface area contributed by atoms with Crippen LogP contribution in [0.2, 0.25) is 0 Å². The maximum Gasteiger partial charge on any atom is 0.143 e. The fourth-order valence-corrected chi connectivity index (χ4v) is 7.10. The summed E-state index contributed by atoms with van der Waals surface area (Å²) in [5.41, 5.74) is 6.48. The fourth-order valence-electron chi connectivity index (χ4n) is 7.10. The Balaban J connectivity index is 1.62. The van der Waals surface area contributed by atoms with Gasteiger partial charge in [0.25, 0.3) is 0 Å². The molecule has 2 aliphatic rings. The van der Waals surface area contributed by atoms with Gasteiger partial charge in [-0.25, -0.2) is 0 Å². The molecule has 45 heavy (non-hydrogen) atoms. The molecule has 0 amide bonds. The number of fused-ring (bicyclic) bond motifs is 10.